The highest BCUT2D eigenvalue weighted by Crippen LogP contribution is 2.30. The second-order valence-electron chi connectivity index (χ2n) is 5.99. The van der Waals surface area contributed by atoms with Crippen LogP contribution in [-0.4, -0.2) is 43.1 Å². The van der Waals surface area contributed by atoms with E-state index in [1.807, 2.05) is 0 Å². The molecule has 0 amide bonds. The monoisotopic (exact) mass is 277 g/mol. The summed E-state index contributed by atoms with van der Waals surface area (Å²) in [5.41, 5.74) is 2.38. The van der Waals surface area contributed by atoms with E-state index in [0.717, 1.165) is 44.8 Å². The Bertz CT molecular complexity index is 469. The first kappa shape index (κ1) is 13.9. The Morgan fingerprint density at radius 3 is 2.90 bits per heavy atom. The molecule has 4 nitrogen and oxygen atoms in total. The predicted octanol–water partition coefficient (Wildman–Crippen LogP) is 1.43. The molecule has 0 radical (unpaired) electrons. The first-order chi connectivity index (χ1) is 9.71. The SMILES string of the molecule is Cc1ccc2c(c1)CC(CNC1(CO)CCOCC1)O2. The van der Waals surface area contributed by atoms with Crippen molar-refractivity contribution < 1.29 is 14.6 Å². The number of hydrogen-bond acceptors (Lipinski definition) is 4. The molecule has 0 bridgehead atoms. The second-order valence-corrected chi connectivity index (χ2v) is 5.99. The molecular weight excluding hydrogens is 254 g/mol. The zero-order valence-electron chi connectivity index (χ0n) is 12.0. The van der Waals surface area contributed by atoms with E-state index in [-0.39, 0.29) is 18.2 Å². The molecule has 0 saturated carbocycles. The average molecular weight is 277 g/mol. The van der Waals surface area contributed by atoms with Gasteiger partial charge in [-0.05, 0) is 31.4 Å². The van der Waals surface area contributed by atoms with Gasteiger partial charge in [0.15, 0.2) is 0 Å². The van der Waals surface area contributed by atoms with Crippen molar-refractivity contribution >= 4 is 0 Å². The van der Waals surface area contributed by atoms with Crippen molar-refractivity contribution in [3.63, 3.8) is 0 Å². The number of fused-ring (bicyclic) bond motifs is 1. The largest absolute Gasteiger partial charge is 0.488 e. The van der Waals surface area contributed by atoms with E-state index in [4.69, 9.17) is 9.47 Å². The van der Waals surface area contributed by atoms with Crippen molar-refractivity contribution in [3.8, 4) is 5.75 Å². The van der Waals surface area contributed by atoms with Gasteiger partial charge in [0.2, 0.25) is 0 Å². The molecule has 1 aromatic carbocycles. The van der Waals surface area contributed by atoms with E-state index in [9.17, 15) is 5.11 Å². The molecule has 0 aromatic heterocycles. The maximum Gasteiger partial charge on any atom is 0.123 e. The highest BCUT2D eigenvalue weighted by molar-refractivity contribution is 5.40. The summed E-state index contributed by atoms with van der Waals surface area (Å²) in [5, 5.41) is 13.2. The van der Waals surface area contributed by atoms with Crippen molar-refractivity contribution in [1.29, 1.82) is 0 Å². The van der Waals surface area contributed by atoms with Gasteiger partial charge >= 0.3 is 0 Å². The fourth-order valence-electron chi connectivity index (χ4n) is 3.05. The van der Waals surface area contributed by atoms with Crippen LogP contribution in [0.4, 0.5) is 0 Å². The van der Waals surface area contributed by atoms with Crippen LogP contribution in [0.3, 0.4) is 0 Å². The van der Waals surface area contributed by atoms with Gasteiger partial charge in [-0.25, -0.2) is 0 Å². The van der Waals surface area contributed by atoms with Crippen molar-refractivity contribution in [2.45, 2.75) is 37.8 Å². The minimum atomic E-state index is -0.188. The van der Waals surface area contributed by atoms with Crippen LogP contribution in [0.15, 0.2) is 18.2 Å². The zero-order chi connectivity index (χ0) is 14.0. The van der Waals surface area contributed by atoms with E-state index in [2.05, 4.69) is 30.4 Å². The van der Waals surface area contributed by atoms with Crippen molar-refractivity contribution in [2.75, 3.05) is 26.4 Å². The Morgan fingerprint density at radius 1 is 1.35 bits per heavy atom. The van der Waals surface area contributed by atoms with Crippen LogP contribution in [0.5, 0.6) is 5.75 Å². The van der Waals surface area contributed by atoms with Crippen molar-refractivity contribution in [1.82, 2.24) is 5.32 Å². The molecule has 20 heavy (non-hydrogen) atoms. The quantitative estimate of drug-likeness (QED) is 0.874. The van der Waals surface area contributed by atoms with E-state index < -0.39 is 0 Å². The summed E-state index contributed by atoms with van der Waals surface area (Å²) in [4.78, 5) is 0. The summed E-state index contributed by atoms with van der Waals surface area (Å²) >= 11 is 0. The van der Waals surface area contributed by atoms with Gasteiger partial charge in [0.25, 0.3) is 0 Å². The molecule has 1 atom stereocenters. The lowest BCUT2D eigenvalue weighted by Crippen LogP contribution is -2.54. The Morgan fingerprint density at radius 2 is 2.15 bits per heavy atom. The van der Waals surface area contributed by atoms with Crippen molar-refractivity contribution in [2.24, 2.45) is 0 Å². The fraction of sp³-hybridized carbons (Fsp3) is 0.625. The number of aryl methyl sites for hydroxylation is 1. The normalized spacial score (nSPS) is 24.2. The summed E-state index contributed by atoms with van der Waals surface area (Å²) in [6.07, 6.45) is 2.84. The van der Waals surface area contributed by atoms with Crippen LogP contribution in [0, 0.1) is 6.92 Å². The van der Waals surface area contributed by atoms with Gasteiger partial charge in [-0.3, -0.25) is 0 Å². The number of aliphatic hydroxyl groups excluding tert-OH is 1. The van der Waals surface area contributed by atoms with E-state index in [1.54, 1.807) is 0 Å². The predicted molar refractivity (Wildman–Crippen MR) is 77.2 cm³/mol. The fourth-order valence-corrected chi connectivity index (χ4v) is 3.05. The second kappa shape index (κ2) is 5.72. The molecule has 2 aliphatic rings. The van der Waals surface area contributed by atoms with Crippen LogP contribution < -0.4 is 10.1 Å². The first-order valence-corrected chi connectivity index (χ1v) is 7.41. The number of aliphatic hydroxyl groups is 1. The summed E-state index contributed by atoms with van der Waals surface area (Å²) in [5.74, 6) is 1.01. The Labute approximate surface area is 120 Å². The molecule has 0 spiro atoms. The minimum absolute atomic E-state index is 0.162. The molecule has 1 unspecified atom stereocenters. The topological polar surface area (TPSA) is 50.7 Å². The molecule has 1 fully saturated rings. The van der Waals surface area contributed by atoms with Gasteiger partial charge in [0.1, 0.15) is 11.9 Å². The third kappa shape index (κ3) is 2.82. The van der Waals surface area contributed by atoms with Crippen LogP contribution >= 0.6 is 0 Å². The van der Waals surface area contributed by atoms with E-state index in [1.165, 1.54) is 11.1 Å². The lowest BCUT2D eigenvalue weighted by molar-refractivity contribution is 0.00826. The highest BCUT2D eigenvalue weighted by Gasteiger charge is 2.33. The van der Waals surface area contributed by atoms with E-state index in [0.29, 0.717) is 0 Å². The van der Waals surface area contributed by atoms with Gasteiger partial charge in [0, 0.05) is 31.7 Å². The number of hydrogen-bond donors (Lipinski definition) is 2. The molecule has 2 N–H and O–H groups in total. The maximum atomic E-state index is 9.67. The van der Waals surface area contributed by atoms with Crippen molar-refractivity contribution in [3.05, 3.63) is 29.3 Å². The van der Waals surface area contributed by atoms with Crippen LogP contribution in [0.2, 0.25) is 0 Å². The van der Waals surface area contributed by atoms with E-state index >= 15 is 0 Å². The standard InChI is InChI=1S/C16H23NO3/c1-12-2-3-15-13(8-12)9-14(20-15)10-17-16(11-18)4-6-19-7-5-16/h2-3,8,14,17-18H,4-7,9-11H2,1H3. The van der Waals surface area contributed by atoms with Gasteiger partial charge in [-0.15, -0.1) is 0 Å². The van der Waals surface area contributed by atoms with Crippen LogP contribution in [-0.2, 0) is 11.2 Å². The van der Waals surface area contributed by atoms with Crippen LogP contribution in [0.25, 0.3) is 0 Å². The lowest BCUT2D eigenvalue weighted by Gasteiger charge is -2.37. The molecule has 0 aliphatic carbocycles. The highest BCUT2D eigenvalue weighted by atomic mass is 16.5. The summed E-state index contributed by atoms with van der Waals surface area (Å²) < 4.78 is 11.3. The Balaban J connectivity index is 1.57. The third-order valence-corrected chi connectivity index (χ3v) is 4.41. The molecule has 2 aliphatic heterocycles. The smallest absolute Gasteiger partial charge is 0.123 e. The summed E-state index contributed by atoms with van der Waals surface area (Å²) in [6.45, 7) is 4.48. The number of nitrogens with one attached hydrogen (secondary N) is 1. The number of ether oxygens (including phenoxy) is 2. The molecule has 3 rings (SSSR count). The lowest BCUT2D eigenvalue weighted by atomic mass is 9.90. The van der Waals surface area contributed by atoms with Gasteiger partial charge < -0.3 is 19.9 Å². The number of benzene rings is 1. The Hall–Kier alpha value is -1.10. The molecule has 2 heterocycles. The molecule has 110 valence electrons. The van der Waals surface area contributed by atoms with Gasteiger partial charge in [-0.2, -0.15) is 0 Å². The summed E-state index contributed by atoms with van der Waals surface area (Å²) in [7, 11) is 0. The van der Waals surface area contributed by atoms with Gasteiger partial charge in [0.05, 0.1) is 6.61 Å². The van der Waals surface area contributed by atoms with Gasteiger partial charge in [-0.1, -0.05) is 17.7 Å². The summed E-state index contributed by atoms with van der Waals surface area (Å²) in [6, 6.07) is 6.34. The van der Waals surface area contributed by atoms with Crippen LogP contribution in [0.1, 0.15) is 24.0 Å². The molecular formula is C16H23NO3. The molecule has 1 aromatic rings. The minimum Gasteiger partial charge on any atom is -0.488 e. The zero-order valence-corrected chi connectivity index (χ0v) is 12.0. The first-order valence-electron chi connectivity index (χ1n) is 7.41. The maximum absolute atomic E-state index is 9.67. The average Bonchev–Trinajstić information content (AvgIpc) is 2.88. The third-order valence-electron chi connectivity index (χ3n) is 4.41. The molecule has 1 saturated heterocycles. The number of rotatable bonds is 4. The Kier molecular flexibility index (Phi) is 3.96. The molecule has 4 heteroatoms.